The second-order valence-corrected chi connectivity index (χ2v) is 5.21. The van der Waals surface area contributed by atoms with Gasteiger partial charge in [0.2, 0.25) is 0 Å². The maximum absolute atomic E-state index is 12.1. The minimum atomic E-state index is -3.51. The van der Waals surface area contributed by atoms with Crippen molar-refractivity contribution in [2.24, 2.45) is 0 Å². The summed E-state index contributed by atoms with van der Waals surface area (Å²) in [7, 11) is -3.51. The van der Waals surface area contributed by atoms with Gasteiger partial charge in [0.1, 0.15) is 0 Å². The Balaban J connectivity index is 1.73. The molecule has 2 heterocycles. The smallest absolute Gasteiger partial charge is 0.223 e. The van der Waals surface area contributed by atoms with Crippen molar-refractivity contribution in [2.45, 2.75) is 19.8 Å². The molecule has 1 N–H and O–H groups in total. The van der Waals surface area contributed by atoms with Gasteiger partial charge in [-0.05, 0) is 6.42 Å². The molecule has 0 amide bonds. The van der Waals surface area contributed by atoms with E-state index in [9.17, 15) is 4.57 Å². The molecule has 0 atom stereocenters. The molecule has 2 aliphatic rings. The molecule has 2 aliphatic heterocycles. The minimum Gasteiger partial charge on any atom is -0.223 e. The highest BCUT2D eigenvalue weighted by molar-refractivity contribution is 7.48. The van der Waals surface area contributed by atoms with Crippen LogP contribution in [0.15, 0.2) is 0 Å². The molecular weight excluding hydrogens is 233 g/mol. The molecule has 0 spiro atoms. The average Bonchev–Trinajstić information content (AvgIpc) is 3.10. The molecule has 2 saturated heterocycles. The Bertz CT molecular complexity index is 252. The van der Waals surface area contributed by atoms with Crippen LogP contribution < -0.4 is 5.48 Å². The van der Waals surface area contributed by atoms with Crippen molar-refractivity contribution in [3.8, 4) is 0 Å². The lowest BCUT2D eigenvalue weighted by Gasteiger charge is -2.17. The zero-order valence-electron chi connectivity index (χ0n) is 9.42. The first kappa shape index (κ1) is 12.4. The van der Waals surface area contributed by atoms with Gasteiger partial charge in [0, 0.05) is 32.7 Å². The maximum Gasteiger partial charge on any atom is 0.525 e. The molecule has 0 bridgehead atoms. The molecule has 7 nitrogen and oxygen atoms in total. The lowest BCUT2D eigenvalue weighted by atomic mass is 10.3. The van der Waals surface area contributed by atoms with E-state index in [1.807, 2.05) is 0 Å². The second-order valence-electron chi connectivity index (χ2n) is 3.81. The predicted octanol–water partition coefficient (Wildman–Crippen LogP) is 0.910. The van der Waals surface area contributed by atoms with Gasteiger partial charge in [-0.25, -0.2) is 4.57 Å². The van der Waals surface area contributed by atoms with Crippen molar-refractivity contribution in [2.75, 3.05) is 32.7 Å². The molecule has 0 aromatic rings. The number of nitrogens with zero attached hydrogens (tertiary/aromatic N) is 2. The van der Waals surface area contributed by atoms with E-state index in [0.29, 0.717) is 6.54 Å². The third kappa shape index (κ3) is 4.47. The van der Waals surface area contributed by atoms with Crippen LogP contribution in [0.5, 0.6) is 0 Å². The van der Waals surface area contributed by atoms with E-state index >= 15 is 0 Å². The van der Waals surface area contributed by atoms with E-state index in [1.54, 1.807) is 10.1 Å². The van der Waals surface area contributed by atoms with Crippen LogP contribution in [0.1, 0.15) is 19.8 Å². The number of hydrogen-bond donors (Lipinski definition) is 1. The minimum absolute atomic E-state index is 0.632. The Morgan fingerprint density at radius 2 is 1.75 bits per heavy atom. The number of phosphoric acid groups is 1. The highest BCUT2D eigenvalue weighted by atomic mass is 31.2. The molecule has 0 aliphatic carbocycles. The van der Waals surface area contributed by atoms with E-state index < -0.39 is 7.82 Å². The predicted molar refractivity (Wildman–Crippen MR) is 56.9 cm³/mol. The molecule has 0 saturated carbocycles. The van der Waals surface area contributed by atoms with E-state index in [0.717, 1.165) is 39.0 Å². The molecular formula is C8H18N3O4P. The molecule has 0 aromatic heterocycles. The fourth-order valence-electron chi connectivity index (χ4n) is 0.950. The SMILES string of the molecule is CCCCNOP(=O)(ON1CC1)ON1CC1. The van der Waals surface area contributed by atoms with Crippen molar-refractivity contribution in [3.05, 3.63) is 0 Å². The van der Waals surface area contributed by atoms with Crippen molar-refractivity contribution < 1.29 is 18.4 Å². The summed E-state index contributed by atoms with van der Waals surface area (Å²) in [5.74, 6) is 0. The summed E-state index contributed by atoms with van der Waals surface area (Å²) in [6, 6.07) is 0. The van der Waals surface area contributed by atoms with E-state index in [2.05, 4.69) is 12.4 Å². The number of rotatable bonds is 9. The summed E-state index contributed by atoms with van der Waals surface area (Å²) in [6.45, 7) is 5.78. The van der Waals surface area contributed by atoms with Gasteiger partial charge in [0.25, 0.3) is 0 Å². The summed E-state index contributed by atoms with van der Waals surface area (Å²) in [5.41, 5.74) is 2.63. The van der Waals surface area contributed by atoms with E-state index in [-0.39, 0.29) is 0 Å². The van der Waals surface area contributed by atoms with Gasteiger partial charge < -0.3 is 0 Å². The largest absolute Gasteiger partial charge is 0.525 e. The molecule has 2 fully saturated rings. The fraction of sp³-hybridized carbons (Fsp3) is 1.00. The van der Waals surface area contributed by atoms with Gasteiger partial charge in [-0.2, -0.15) is 29.5 Å². The van der Waals surface area contributed by atoms with E-state index in [4.69, 9.17) is 13.9 Å². The molecule has 0 aromatic carbocycles. The van der Waals surface area contributed by atoms with Crippen molar-refractivity contribution in [1.82, 2.24) is 15.6 Å². The van der Waals surface area contributed by atoms with Crippen LogP contribution in [-0.4, -0.2) is 42.9 Å². The van der Waals surface area contributed by atoms with Gasteiger partial charge in [-0.3, -0.25) is 0 Å². The third-order valence-electron chi connectivity index (χ3n) is 2.05. The number of unbranched alkanes of at least 4 members (excludes halogenated alkanes) is 1. The first-order valence-electron chi connectivity index (χ1n) is 5.63. The normalized spacial score (nSPS) is 21.3. The average molecular weight is 251 g/mol. The first-order chi connectivity index (χ1) is 7.72. The molecule has 0 radical (unpaired) electrons. The lowest BCUT2D eigenvalue weighted by Crippen LogP contribution is -2.18. The number of hydroxylamine groups is 5. The quantitative estimate of drug-likeness (QED) is 0.283. The second kappa shape index (κ2) is 5.55. The van der Waals surface area contributed by atoms with Gasteiger partial charge in [-0.15, -0.1) is 0 Å². The standard InChI is InChI=1S/C8H18N3O4P/c1-2-3-4-9-13-16(12,14-10-5-6-10)15-11-7-8-11/h9H,2-8H2,1H3. The zero-order valence-corrected chi connectivity index (χ0v) is 10.3. The molecule has 2 rings (SSSR count). The number of nitrogens with one attached hydrogen (secondary N) is 1. The van der Waals surface area contributed by atoms with Gasteiger partial charge in [0.05, 0.1) is 0 Å². The molecule has 94 valence electrons. The highest BCUT2D eigenvalue weighted by Crippen LogP contribution is 2.52. The van der Waals surface area contributed by atoms with Crippen molar-refractivity contribution >= 4 is 7.82 Å². The molecule has 8 heteroatoms. The summed E-state index contributed by atoms with van der Waals surface area (Å²) >= 11 is 0. The third-order valence-corrected chi connectivity index (χ3v) is 3.27. The molecule has 0 unspecified atom stereocenters. The Morgan fingerprint density at radius 3 is 2.19 bits per heavy atom. The highest BCUT2D eigenvalue weighted by Gasteiger charge is 2.40. The Kier molecular flexibility index (Phi) is 4.32. The Hall–Kier alpha value is -0.0100. The van der Waals surface area contributed by atoms with Gasteiger partial charge >= 0.3 is 7.82 Å². The monoisotopic (exact) mass is 251 g/mol. The molecule has 16 heavy (non-hydrogen) atoms. The van der Waals surface area contributed by atoms with Gasteiger partial charge in [0.15, 0.2) is 0 Å². The summed E-state index contributed by atoms with van der Waals surface area (Å²) in [6.07, 6.45) is 1.99. The maximum atomic E-state index is 12.1. The van der Waals surface area contributed by atoms with Crippen LogP contribution in [-0.2, 0) is 18.4 Å². The lowest BCUT2D eigenvalue weighted by molar-refractivity contribution is -0.0659. The van der Waals surface area contributed by atoms with Crippen molar-refractivity contribution in [3.63, 3.8) is 0 Å². The first-order valence-corrected chi connectivity index (χ1v) is 7.09. The Morgan fingerprint density at radius 1 is 1.19 bits per heavy atom. The van der Waals surface area contributed by atoms with Crippen LogP contribution in [0.3, 0.4) is 0 Å². The van der Waals surface area contributed by atoms with Crippen LogP contribution >= 0.6 is 7.82 Å². The zero-order chi connectivity index (χ0) is 11.4. The van der Waals surface area contributed by atoms with Crippen LogP contribution in [0, 0.1) is 0 Å². The summed E-state index contributed by atoms with van der Waals surface area (Å²) in [4.78, 5) is 0. The van der Waals surface area contributed by atoms with Crippen molar-refractivity contribution in [1.29, 1.82) is 0 Å². The van der Waals surface area contributed by atoms with Gasteiger partial charge in [-0.1, -0.05) is 13.3 Å². The van der Waals surface area contributed by atoms with Crippen LogP contribution in [0.4, 0.5) is 0 Å². The fourth-order valence-corrected chi connectivity index (χ4v) is 2.19. The summed E-state index contributed by atoms with van der Waals surface area (Å²) < 4.78 is 27.3. The van der Waals surface area contributed by atoms with Crippen LogP contribution in [0.25, 0.3) is 0 Å². The van der Waals surface area contributed by atoms with Crippen LogP contribution in [0.2, 0.25) is 0 Å². The Labute approximate surface area is 95.1 Å². The summed E-state index contributed by atoms with van der Waals surface area (Å²) in [5, 5.41) is 3.09. The number of hydrogen-bond acceptors (Lipinski definition) is 7. The topological polar surface area (TPSA) is 62.8 Å². The van der Waals surface area contributed by atoms with E-state index in [1.165, 1.54) is 0 Å².